The predicted octanol–water partition coefficient (Wildman–Crippen LogP) is 8.04. The van der Waals surface area contributed by atoms with E-state index < -0.39 is 11.7 Å². The predicted molar refractivity (Wildman–Crippen MR) is 157 cm³/mol. The highest BCUT2D eigenvalue weighted by Crippen LogP contribution is 2.36. The Morgan fingerprint density at radius 2 is 1.70 bits per heavy atom. The highest BCUT2D eigenvalue weighted by atomic mass is 32.1. The number of aryl methyl sites for hydroxylation is 2. The summed E-state index contributed by atoms with van der Waals surface area (Å²) in [5.41, 5.74) is 5.15. The van der Waals surface area contributed by atoms with Crippen LogP contribution in [0.25, 0.3) is 21.5 Å². The molecule has 0 aliphatic heterocycles. The first kappa shape index (κ1) is 27.9. The van der Waals surface area contributed by atoms with E-state index in [-0.39, 0.29) is 0 Å². The van der Waals surface area contributed by atoms with Crippen LogP contribution in [0, 0.1) is 25.2 Å². The van der Waals surface area contributed by atoms with Crippen LogP contribution >= 0.6 is 11.3 Å². The van der Waals surface area contributed by atoms with Gasteiger partial charge in [-0.2, -0.15) is 23.4 Å². The molecule has 0 atom stereocenters. The molecule has 0 saturated carbocycles. The van der Waals surface area contributed by atoms with Gasteiger partial charge in [0.1, 0.15) is 16.1 Å². The maximum Gasteiger partial charge on any atom is 0.416 e. The molecule has 3 aromatic heterocycles. The van der Waals surface area contributed by atoms with Crippen LogP contribution in [0.15, 0.2) is 78.3 Å². The van der Waals surface area contributed by atoms with E-state index in [9.17, 15) is 18.4 Å². The molecule has 3 aromatic carbocycles. The van der Waals surface area contributed by atoms with Crippen LogP contribution in [0.2, 0.25) is 0 Å². The molecule has 6 rings (SSSR count). The van der Waals surface area contributed by atoms with Crippen molar-refractivity contribution in [3.63, 3.8) is 0 Å². The van der Waals surface area contributed by atoms with Gasteiger partial charge in [-0.3, -0.25) is 0 Å². The SMILES string of the molecule is Cc1cc(C#N)cc(C)c1Oc1nc(Nc2ccc(-c3cn(Cc4ccc(C(F)(F)F)cc4)nn3)cc2)nc2ccsc12. The Kier molecular flexibility index (Phi) is 7.25. The van der Waals surface area contributed by atoms with E-state index >= 15 is 0 Å². The molecule has 6 aromatic rings. The number of anilines is 2. The van der Waals surface area contributed by atoms with Crippen LogP contribution in [0.5, 0.6) is 11.6 Å². The molecule has 0 unspecified atom stereocenters. The Morgan fingerprint density at radius 3 is 2.37 bits per heavy atom. The standard InChI is InChI=1S/C31H22F3N7OS/c1-18-13-21(15-35)14-19(2)27(18)42-29-28-25(11-12-43-28)37-30(38-29)36-24-9-5-22(6-10-24)26-17-41(40-39-26)16-20-3-7-23(8-4-20)31(32,33)34/h3-14,17H,16H2,1-2H3,(H,36,37,38). The van der Waals surface area contributed by atoms with Crippen molar-refractivity contribution < 1.29 is 17.9 Å². The average molecular weight is 598 g/mol. The lowest BCUT2D eigenvalue weighted by Gasteiger charge is -2.13. The Bertz CT molecular complexity index is 1950. The number of nitriles is 1. The number of nitrogens with zero attached hydrogens (tertiary/aromatic N) is 6. The van der Waals surface area contributed by atoms with Gasteiger partial charge in [-0.05, 0) is 78.4 Å². The molecular formula is C31H22F3N7OS. The molecule has 0 amide bonds. The minimum atomic E-state index is -4.37. The first-order chi connectivity index (χ1) is 20.7. The minimum Gasteiger partial charge on any atom is -0.437 e. The zero-order valence-corrected chi connectivity index (χ0v) is 23.7. The number of nitrogens with one attached hydrogen (secondary N) is 1. The summed E-state index contributed by atoms with van der Waals surface area (Å²) in [5, 5.41) is 22.8. The van der Waals surface area contributed by atoms with Gasteiger partial charge in [0.25, 0.3) is 0 Å². The summed E-state index contributed by atoms with van der Waals surface area (Å²) in [6.45, 7) is 4.08. The van der Waals surface area contributed by atoms with Crippen LogP contribution in [0.4, 0.5) is 24.8 Å². The van der Waals surface area contributed by atoms with Gasteiger partial charge in [0.2, 0.25) is 11.8 Å². The maximum absolute atomic E-state index is 12.8. The zero-order chi connectivity index (χ0) is 30.1. The number of rotatable bonds is 7. The van der Waals surface area contributed by atoms with Gasteiger partial charge in [-0.25, -0.2) is 9.67 Å². The van der Waals surface area contributed by atoms with E-state index in [4.69, 9.17) is 4.74 Å². The summed E-state index contributed by atoms with van der Waals surface area (Å²) in [5.74, 6) is 1.42. The third-order valence-corrected chi connectivity index (χ3v) is 7.55. The fraction of sp³-hybridized carbons (Fsp3) is 0.129. The van der Waals surface area contributed by atoms with E-state index in [1.807, 2.05) is 49.6 Å². The quantitative estimate of drug-likeness (QED) is 0.199. The van der Waals surface area contributed by atoms with Gasteiger partial charge in [0.05, 0.1) is 35.5 Å². The number of thiophene rings is 1. The highest BCUT2D eigenvalue weighted by Gasteiger charge is 2.30. The van der Waals surface area contributed by atoms with Gasteiger partial charge in [0.15, 0.2) is 0 Å². The lowest BCUT2D eigenvalue weighted by Crippen LogP contribution is -2.05. The fourth-order valence-electron chi connectivity index (χ4n) is 4.58. The van der Waals surface area contributed by atoms with E-state index in [0.29, 0.717) is 40.9 Å². The average Bonchev–Trinajstić information content (AvgIpc) is 3.65. The summed E-state index contributed by atoms with van der Waals surface area (Å²) < 4.78 is 47.2. The summed E-state index contributed by atoms with van der Waals surface area (Å²) in [7, 11) is 0. The first-order valence-electron chi connectivity index (χ1n) is 13.0. The molecule has 0 spiro atoms. The molecular weight excluding hydrogens is 575 g/mol. The lowest BCUT2D eigenvalue weighted by molar-refractivity contribution is -0.137. The summed E-state index contributed by atoms with van der Waals surface area (Å²) in [6.07, 6.45) is -2.63. The number of alkyl halides is 3. The zero-order valence-electron chi connectivity index (χ0n) is 22.8. The Balaban J connectivity index is 1.18. The molecule has 12 heteroatoms. The van der Waals surface area contributed by atoms with Crippen LogP contribution in [-0.2, 0) is 12.7 Å². The molecule has 0 aliphatic rings. The van der Waals surface area contributed by atoms with Crippen molar-refractivity contribution in [1.82, 2.24) is 25.0 Å². The molecule has 1 N–H and O–H groups in total. The van der Waals surface area contributed by atoms with Crippen LogP contribution in [0.1, 0.15) is 27.8 Å². The third kappa shape index (κ3) is 6.02. The smallest absolute Gasteiger partial charge is 0.416 e. The number of hydrogen-bond donors (Lipinski definition) is 1. The molecule has 0 saturated heterocycles. The summed E-state index contributed by atoms with van der Waals surface area (Å²) in [6, 6.07) is 20.1. The Hall–Kier alpha value is -5.28. The Labute approximate surface area is 248 Å². The molecule has 0 aliphatic carbocycles. The van der Waals surface area contributed by atoms with Gasteiger partial charge >= 0.3 is 6.18 Å². The second-order valence-corrected chi connectivity index (χ2v) is 10.8. The number of fused-ring (bicyclic) bond motifs is 1. The molecule has 0 fully saturated rings. The second kappa shape index (κ2) is 11.2. The first-order valence-corrected chi connectivity index (χ1v) is 13.9. The number of hydrogen-bond acceptors (Lipinski definition) is 8. The second-order valence-electron chi connectivity index (χ2n) is 9.84. The van der Waals surface area contributed by atoms with Crippen molar-refractivity contribution in [2.45, 2.75) is 26.6 Å². The number of halogens is 3. The number of benzene rings is 3. The molecule has 0 radical (unpaired) electrons. The van der Waals surface area contributed by atoms with Crippen molar-refractivity contribution in [3.8, 4) is 29.0 Å². The fourth-order valence-corrected chi connectivity index (χ4v) is 5.34. The normalized spacial score (nSPS) is 11.4. The van der Waals surface area contributed by atoms with E-state index in [2.05, 4.69) is 31.7 Å². The largest absolute Gasteiger partial charge is 0.437 e. The van der Waals surface area contributed by atoms with Crippen molar-refractivity contribution >= 4 is 33.2 Å². The van der Waals surface area contributed by atoms with Gasteiger partial charge in [-0.15, -0.1) is 16.4 Å². The number of aromatic nitrogens is 5. The monoisotopic (exact) mass is 597 g/mol. The number of ether oxygens (including phenoxy) is 1. The van der Waals surface area contributed by atoms with Crippen molar-refractivity contribution in [1.29, 1.82) is 5.26 Å². The topological polar surface area (TPSA) is 102 Å². The van der Waals surface area contributed by atoms with E-state index in [1.54, 1.807) is 23.0 Å². The van der Waals surface area contributed by atoms with Crippen LogP contribution < -0.4 is 10.1 Å². The van der Waals surface area contributed by atoms with Gasteiger partial charge in [-0.1, -0.05) is 29.5 Å². The summed E-state index contributed by atoms with van der Waals surface area (Å²) >= 11 is 1.48. The Morgan fingerprint density at radius 1 is 0.977 bits per heavy atom. The minimum absolute atomic E-state index is 0.291. The highest BCUT2D eigenvalue weighted by molar-refractivity contribution is 7.17. The maximum atomic E-state index is 12.8. The molecule has 8 nitrogen and oxygen atoms in total. The molecule has 0 bridgehead atoms. The van der Waals surface area contributed by atoms with Crippen molar-refractivity contribution in [2.24, 2.45) is 0 Å². The lowest BCUT2D eigenvalue weighted by atomic mass is 10.1. The van der Waals surface area contributed by atoms with E-state index in [1.165, 1.54) is 23.5 Å². The van der Waals surface area contributed by atoms with Crippen molar-refractivity contribution in [3.05, 3.63) is 106 Å². The molecule has 43 heavy (non-hydrogen) atoms. The van der Waals surface area contributed by atoms with Crippen LogP contribution in [0.3, 0.4) is 0 Å². The van der Waals surface area contributed by atoms with Gasteiger partial charge in [0, 0.05) is 11.3 Å². The third-order valence-electron chi connectivity index (χ3n) is 6.66. The van der Waals surface area contributed by atoms with Crippen LogP contribution in [-0.4, -0.2) is 25.0 Å². The molecule has 214 valence electrons. The summed E-state index contributed by atoms with van der Waals surface area (Å²) in [4.78, 5) is 9.27. The molecule has 3 heterocycles. The van der Waals surface area contributed by atoms with E-state index in [0.717, 1.165) is 44.7 Å². The van der Waals surface area contributed by atoms with Gasteiger partial charge < -0.3 is 10.1 Å². The van der Waals surface area contributed by atoms with Crippen molar-refractivity contribution in [2.75, 3.05) is 5.32 Å².